The van der Waals surface area contributed by atoms with E-state index in [0.717, 1.165) is 0 Å². The molecule has 37 heavy (non-hydrogen) atoms. The van der Waals surface area contributed by atoms with E-state index in [2.05, 4.69) is 5.32 Å². The van der Waals surface area contributed by atoms with E-state index in [-0.39, 0.29) is 12.4 Å². The highest BCUT2D eigenvalue weighted by molar-refractivity contribution is 5.94. The van der Waals surface area contributed by atoms with E-state index in [1.54, 1.807) is 36.4 Å². The van der Waals surface area contributed by atoms with Crippen molar-refractivity contribution in [1.82, 2.24) is 5.32 Å². The van der Waals surface area contributed by atoms with Crippen molar-refractivity contribution in [2.45, 2.75) is 50.8 Å². The average Bonchev–Trinajstić information content (AvgIpc) is 2.88. The van der Waals surface area contributed by atoms with Crippen molar-refractivity contribution in [3.05, 3.63) is 59.7 Å². The number of benzene rings is 2. The zero-order chi connectivity index (χ0) is 26.5. The van der Waals surface area contributed by atoms with Gasteiger partial charge in [0.25, 0.3) is 0 Å². The quantitative estimate of drug-likeness (QED) is 0.477. The van der Waals surface area contributed by atoms with Crippen LogP contribution in [0.4, 0.5) is 0 Å². The second-order valence-corrected chi connectivity index (χ2v) is 8.64. The molecule has 0 aromatic heterocycles. The molecule has 2 heterocycles. The standard InChI is InChI=1S/C26H29NO10/c1-14(28)16-8-10-17(11-9-16)35-26-22(27-15(2)29)24(33-13-21(30)31)23-20(36-26)12-34-25(37-23)18-6-4-5-7-19(18)32-3/h4-11,20,22-26H,12-13H2,1-3H3,(H,27,29)(H,30,31). The fourth-order valence-electron chi connectivity index (χ4n) is 4.35. The Kier molecular flexibility index (Phi) is 8.39. The normalized spacial score (nSPS) is 27.0. The van der Waals surface area contributed by atoms with E-state index >= 15 is 0 Å². The lowest BCUT2D eigenvalue weighted by molar-refractivity contribution is -0.338. The Labute approximate surface area is 213 Å². The summed E-state index contributed by atoms with van der Waals surface area (Å²) in [5, 5.41) is 12.1. The molecule has 4 rings (SSSR count). The Balaban J connectivity index is 1.62. The van der Waals surface area contributed by atoms with Gasteiger partial charge in [0.05, 0.1) is 13.7 Å². The molecule has 198 valence electrons. The highest BCUT2D eigenvalue weighted by atomic mass is 16.8. The number of nitrogens with one attached hydrogen (secondary N) is 1. The number of carbonyl (C=O) groups excluding carboxylic acids is 2. The summed E-state index contributed by atoms with van der Waals surface area (Å²) in [5.41, 5.74) is 1.15. The van der Waals surface area contributed by atoms with Crippen molar-refractivity contribution in [1.29, 1.82) is 0 Å². The number of para-hydroxylation sites is 1. The largest absolute Gasteiger partial charge is 0.496 e. The van der Waals surface area contributed by atoms with Gasteiger partial charge in [0.1, 0.15) is 42.5 Å². The number of hydrogen-bond acceptors (Lipinski definition) is 9. The Bertz CT molecular complexity index is 1120. The minimum absolute atomic E-state index is 0.0796. The third kappa shape index (κ3) is 6.25. The van der Waals surface area contributed by atoms with Gasteiger partial charge in [-0.3, -0.25) is 9.59 Å². The summed E-state index contributed by atoms with van der Waals surface area (Å²) in [7, 11) is 1.53. The number of carbonyl (C=O) groups is 3. The van der Waals surface area contributed by atoms with Crippen molar-refractivity contribution >= 4 is 17.7 Å². The van der Waals surface area contributed by atoms with E-state index in [4.69, 9.17) is 28.4 Å². The van der Waals surface area contributed by atoms with Gasteiger partial charge in [-0.15, -0.1) is 0 Å². The summed E-state index contributed by atoms with van der Waals surface area (Å²) < 4.78 is 35.5. The van der Waals surface area contributed by atoms with E-state index in [0.29, 0.717) is 22.6 Å². The maximum Gasteiger partial charge on any atom is 0.329 e. The average molecular weight is 516 g/mol. The van der Waals surface area contributed by atoms with Crippen LogP contribution in [0.5, 0.6) is 11.5 Å². The van der Waals surface area contributed by atoms with Crippen LogP contribution in [0.25, 0.3) is 0 Å². The number of aliphatic carboxylic acids is 1. The molecule has 0 spiro atoms. The number of ketones is 1. The molecule has 2 N–H and O–H groups in total. The molecule has 11 nitrogen and oxygen atoms in total. The highest BCUT2D eigenvalue weighted by Crippen LogP contribution is 2.38. The van der Waals surface area contributed by atoms with Crippen LogP contribution in [0, 0.1) is 0 Å². The second kappa shape index (κ2) is 11.7. The van der Waals surface area contributed by atoms with Crippen LogP contribution in [0.2, 0.25) is 0 Å². The van der Waals surface area contributed by atoms with E-state index in [9.17, 15) is 19.5 Å². The summed E-state index contributed by atoms with van der Waals surface area (Å²) in [5.74, 6) is -0.743. The molecule has 11 heteroatoms. The number of hydrogen-bond donors (Lipinski definition) is 2. The second-order valence-electron chi connectivity index (χ2n) is 8.64. The summed E-state index contributed by atoms with van der Waals surface area (Å²) in [6, 6.07) is 12.7. The third-order valence-corrected chi connectivity index (χ3v) is 6.01. The maximum atomic E-state index is 12.1. The van der Waals surface area contributed by atoms with Gasteiger partial charge in [-0.2, -0.15) is 0 Å². The summed E-state index contributed by atoms with van der Waals surface area (Å²) >= 11 is 0. The lowest BCUT2D eigenvalue weighted by Gasteiger charge is -2.49. The Morgan fingerprint density at radius 3 is 2.43 bits per heavy atom. The van der Waals surface area contributed by atoms with E-state index in [1.807, 2.05) is 12.1 Å². The Morgan fingerprint density at radius 2 is 1.78 bits per heavy atom. The first-order chi connectivity index (χ1) is 17.8. The molecule has 0 radical (unpaired) electrons. The van der Waals surface area contributed by atoms with Gasteiger partial charge in [-0.25, -0.2) is 4.79 Å². The van der Waals surface area contributed by atoms with Crippen molar-refractivity contribution in [2.24, 2.45) is 0 Å². The van der Waals surface area contributed by atoms with Crippen LogP contribution in [0.15, 0.2) is 48.5 Å². The van der Waals surface area contributed by atoms with Gasteiger partial charge in [0.15, 0.2) is 12.1 Å². The highest BCUT2D eigenvalue weighted by Gasteiger charge is 2.52. The summed E-state index contributed by atoms with van der Waals surface area (Å²) in [6.07, 6.45) is -4.37. The molecule has 2 aliphatic heterocycles. The number of methoxy groups -OCH3 is 1. The summed E-state index contributed by atoms with van der Waals surface area (Å²) in [4.78, 5) is 35.1. The van der Waals surface area contributed by atoms with Crippen LogP contribution in [-0.4, -0.2) is 73.7 Å². The van der Waals surface area contributed by atoms with Gasteiger partial charge in [-0.05, 0) is 37.3 Å². The lowest BCUT2D eigenvalue weighted by Crippen LogP contribution is -2.68. The first-order valence-electron chi connectivity index (χ1n) is 11.7. The number of carboxylic acids is 1. The molecule has 2 aliphatic rings. The number of rotatable bonds is 9. The van der Waals surface area contributed by atoms with Crippen LogP contribution >= 0.6 is 0 Å². The lowest BCUT2D eigenvalue weighted by atomic mass is 9.95. The van der Waals surface area contributed by atoms with Crippen molar-refractivity contribution in [3.63, 3.8) is 0 Å². The predicted octanol–water partition coefficient (Wildman–Crippen LogP) is 2.09. The molecule has 0 saturated carbocycles. The maximum absolute atomic E-state index is 12.1. The van der Waals surface area contributed by atoms with Gasteiger partial charge in [-0.1, -0.05) is 18.2 Å². The van der Waals surface area contributed by atoms with Gasteiger partial charge in [0.2, 0.25) is 12.2 Å². The smallest absolute Gasteiger partial charge is 0.329 e. The monoisotopic (exact) mass is 515 g/mol. The number of carboxylic acid groups (broad SMARTS) is 1. The molecule has 6 atom stereocenters. The third-order valence-electron chi connectivity index (χ3n) is 6.01. The molecule has 2 saturated heterocycles. The number of ether oxygens (including phenoxy) is 6. The van der Waals surface area contributed by atoms with Crippen molar-refractivity contribution in [2.75, 3.05) is 20.3 Å². The topological polar surface area (TPSA) is 139 Å². The first kappa shape index (κ1) is 26.6. The van der Waals surface area contributed by atoms with Gasteiger partial charge < -0.3 is 38.8 Å². The Hall–Kier alpha value is -3.51. The van der Waals surface area contributed by atoms with Crippen molar-refractivity contribution in [3.8, 4) is 11.5 Å². The molecule has 0 aliphatic carbocycles. The molecule has 2 aromatic rings. The van der Waals surface area contributed by atoms with Gasteiger partial charge in [0, 0.05) is 18.1 Å². The Morgan fingerprint density at radius 1 is 1.05 bits per heavy atom. The first-order valence-corrected chi connectivity index (χ1v) is 11.7. The number of fused-ring (bicyclic) bond motifs is 1. The van der Waals surface area contributed by atoms with Crippen LogP contribution in [0.3, 0.4) is 0 Å². The van der Waals surface area contributed by atoms with Crippen molar-refractivity contribution < 1.29 is 47.9 Å². The fourth-order valence-corrected chi connectivity index (χ4v) is 4.35. The van der Waals surface area contributed by atoms with E-state index < -0.39 is 55.4 Å². The van der Waals surface area contributed by atoms with Crippen LogP contribution < -0.4 is 14.8 Å². The molecule has 2 aromatic carbocycles. The fraction of sp³-hybridized carbons (Fsp3) is 0.423. The molecular formula is C26H29NO10. The molecule has 0 bridgehead atoms. The van der Waals surface area contributed by atoms with E-state index in [1.165, 1.54) is 21.0 Å². The van der Waals surface area contributed by atoms with Crippen LogP contribution in [-0.2, 0) is 28.5 Å². The van der Waals surface area contributed by atoms with Gasteiger partial charge >= 0.3 is 5.97 Å². The zero-order valence-electron chi connectivity index (χ0n) is 20.6. The predicted molar refractivity (Wildman–Crippen MR) is 127 cm³/mol. The SMILES string of the molecule is COc1ccccc1C1OCC2OC(Oc3ccc(C(C)=O)cc3)C(NC(C)=O)C(OCC(=O)O)C2O1. The molecular weight excluding hydrogens is 486 g/mol. The minimum atomic E-state index is -1.18. The molecule has 1 amide bonds. The zero-order valence-corrected chi connectivity index (χ0v) is 20.6. The summed E-state index contributed by atoms with van der Waals surface area (Å²) in [6.45, 7) is 2.23. The number of Topliss-reactive ketones (excluding diaryl/α,β-unsaturated/α-hetero) is 1. The minimum Gasteiger partial charge on any atom is -0.496 e. The van der Waals surface area contributed by atoms with Crippen LogP contribution in [0.1, 0.15) is 36.1 Å². The number of amides is 1. The molecule has 6 unspecified atom stereocenters. The molecule has 2 fully saturated rings.